The van der Waals surface area contributed by atoms with Crippen molar-refractivity contribution >= 4 is 17.7 Å². The number of para-hydroxylation sites is 1. The molecule has 4 nitrogen and oxygen atoms in total. The highest BCUT2D eigenvalue weighted by molar-refractivity contribution is 7.98. The third-order valence-corrected chi connectivity index (χ3v) is 3.11. The molecule has 1 rings (SSSR count). The summed E-state index contributed by atoms with van der Waals surface area (Å²) < 4.78 is 18.4. The molecule has 0 unspecified atom stereocenters. The van der Waals surface area contributed by atoms with Crippen LogP contribution in [-0.2, 0) is 4.79 Å². The summed E-state index contributed by atoms with van der Waals surface area (Å²) >= 11 is 1.65. The van der Waals surface area contributed by atoms with Gasteiger partial charge in [-0.15, -0.1) is 0 Å². The molecule has 0 saturated heterocycles. The van der Waals surface area contributed by atoms with Crippen molar-refractivity contribution in [2.24, 2.45) is 5.73 Å². The number of thioether (sulfide) groups is 1. The van der Waals surface area contributed by atoms with E-state index in [1.807, 2.05) is 6.26 Å². The van der Waals surface area contributed by atoms with E-state index in [0.717, 1.165) is 5.75 Å². The molecule has 1 amide bonds. The molecule has 0 heterocycles. The third kappa shape index (κ3) is 5.94. The normalized spacial score (nSPS) is 11.9. The quantitative estimate of drug-likeness (QED) is 0.709. The zero-order chi connectivity index (χ0) is 14.1. The van der Waals surface area contributed by atoms with E-state index in [1.54, 1.807) is 30.0 Å². The zero-order valence-corrected chi connectivity index (χ0v) is 11.7. The first-order chi connectivity index (χ1) is 9.15. The van der Waals surface area contributed by atoms with Crippen molar-refractivity contribution in [2.75, 3.05) is 25.2 Å². The molecule has 19 heavy (non-hydrogen) atoms. The third-order valence-electron chi connectivity index (χ3n) is 2.47. The van der Waals surface area contributed by atoms with Crippen LogP contribution in [0.15, 0.2) is 24.3 Å². The second kappa shape index (κ2) is 8.77. The van der Waals surface area contributed by atoms with E-state index in [-0.39, 0.29) is 18.3 Å². The van der Waals surface area contributed by atoms with Crippen molar-refractivity contribution in [1.82, 2.24) is 5.32 Å². The predicted octanol–water partition coefficient (Wildman–Crippen LogP) is 1.40. The Bertz CT molecular complexity index is 404. The highest BCUT2D eigenvalue weighted by Gasteiger charge is 2.11. The van der Waals surface area contributed by atoms with Crippen LogP contribution in [0, 0.1) is 5.82 Å². The minimum atomic E-state index is -0.499. The van der Waals surface area contributed by atoms with Crippen molar-refractivity contribution in [3.8, 4) is 5.75 Å². The van der Waals surface area contributed by atoms with Crippen LogP contribution in [0.4, 0.5) is 4.39 Å². The molecular weight excluding hydrogens is 267 g/mol. The Labute approximate surface area is 116 Å². The van der Waals surface area contributed by atoms with Gasteiger partial charge in [0.05, 0.1) is 12.6 Å². The van der Waals surface area contributed by atoms with Gasteiger partial charge in [-0.1, -0.05) is 12.1 Å². The number of halogens is 1. The Hall–Kier alpha value is -1.27. The molecule has 0 aliphatic heterocycles. The number of amides is 1. The van der Waals surface area contributed by atoms with Gasteiger partial charge in [0.2, 0.25) is 5.91 Å². The van der Waals surface area contributed by atoms with Gasteiger partial charge in [-0.05, 0) is 30.6 Å². The van der Waals surface area contributed by atoms with E-state index in [0.29, 0.717) is 13.0 Å². The average Bonchev–Trinajstić information content (AvgIpc) is 2.42. The van der Waals surface area contributed by atoms with Gasteiger partial charge in [0, 0.05) is 0 Å². The fourth-order valence-corrected chi connectivity index (χ4v) is 1.89. The van der Waals surface area contributed by atoms with Gasteiger partial charge in [-0.25, -0.2) is 4.39 Å². The number of nitrogens with one attached hydrogen (secondary N) is 1. The van der Waals surface area contributed by atoms with Crippen molar-refractivity contribution in [3.63, 3.8) is 0 Å². The van der Waals surface area contributed by atoms with Crippen LogP contribution in [0.2, 0.25) is 0 Å². The maximum Gasteiger partial charge on any atom is 0.237 e. The maximum atomic E-state index is 13.2. The van der Waals surface area contributed by atoms with Crippen LogP contribution in [0.5, 0.6) is 5.75 Å². The Balaban J connectivity index is 2.20. The standard InChI is InChI=1S/C13H19FN2O2S/c1-19-9-6-11(15)13(17)16-7-8-18-12-5-3-2-4-10(12)14/h2-5,11H,6-9,15H2,1H3,(H,16,17)/t11-/m0/s1. The number of rotatable bonds is 8. The summed E-state index contributed by atoms with van der Waals surface area (Å²) in [6.07, 6.45) is 2.61. The van der Waals surface area contributed by atoms with Gasteiger partial charge >= 0.3 is 0 Å². The summed E-state index contributed by atoms with van der Waals surface area (Å²) in [6, 6.07) is 5.65. The Kier molecular flexibility index (Phi) is 7.28. The van der Waals surface area contributed by atoms with Gasteiger partial charge in [0.25, 0.3) is 0 Å². The fourth-order valence-electron chi connectivity index (χ4n) is 1.40. The first-order valence-electron chi connectivity index (χ1n) is 6.04. The second-order valence-electron chi connectivity index (χ2n) is 3.96. The van der Waals surface area contributed by atoms with Crippen molar-refractivity contribution < 1.29 is 13.9 Å². The Morgan fingerprint density at radius 2 is 2.26 bits per heavy atom. The molecule has 106 valence electrons. The number of carbonyl (C=O) groups excluding carboxylic acids is 1. The lowest BCUT2D eigenvalue weighted by Gasteiger charge is -2.12. The molecule has 1 atom stereocenters. The second-order valence-corrected chi connectivity index (χ2v) is 4.94. The summed E-state index contributed by atoms with van der Waals surface area (Å²) in [4.78, 5) is 11.6. The molecular formula is C13H19FN2O2S. The molecule has 0 bridgehead atoms. The average molecular weight is 286 g/mol. The summed E-state index contributed by atoms with van der Waals surface area (Å²) in [6.45, 7) is 0.516. The molecule has 3 N–H and O–H groups in total. The first kappa shape index (κ1) is 15.8. The van der Waals surface area contributed by atoms with Gasteiger partial charge in [-0.2, -0.15) is 11.8 Å². The molecule has 0 fully saturated rings. The minimum absolute atomic E-state index is 0.184. The molecule has 0 aromatic heterocycles. The largest absolute Gasteiger partial charge is 0.489 e. The highest BCUT2D eigenvalue weighted by Crippen LogP contribution is 2.14. The predicted molar refractivity (Wildman–Crippen MR) is 75.9 cm³/mol. The van der Waals surface area contributed by atoms with E-state index in [2.05, 4.69) is 5.32 Å². The van der Waals surface area contributed by atoms with Gasteiger partial charge < -0.3 is 15.8 Å². The number of nitrogens with two attached hydrogens (primary N) is 1. The molecule has 0 saturated carbocycles. The highest BCUT2D eigenvalue weighted by atomic mass is 32.2. The van der Waals surface area contributed by atoms with E-state index < -0.39 is 11.9 Å². The summed E-state index contributed by atoms with van der Waals surface area (Å²) in [7, 11) is 0. The topological polar surface area (TPSA) is 64.4 Å². The Morgan fingerprint density at radius 3 is 2.95 bits per heavy atom. The van der Waals surface area contributed by atoms with E-state index in [4.69, 9.17) is 10.5 Å². The van der Waals surface area contributed by atoms with Crippen LogP contribution in [0.25, 0.3) is 0 Å². The van der Waals surface area contributed by atoms with Gasteiger partial charge in [-0.3, -0.25) is 4.79 Å². The summed E-state index contributed by atoms with van der Waals surface area (Å²) in [5.41, 5.74) is 5.69. The number of hydrogen-bond donors (Lipinski definition) is 2. The molecule has 0 aliphatic rings. The van der Waals surface area contributed by atoms with E-state index in [9.17, 15) is 9.18 Å². The lowest BCUT2D eigenvalue weighted by Crippen LogP contribution is -2.42. The van der Waals surface area contributed by atoms with Crippen molar-refractivity contribution in [3.05, 3.63) is 30.1 Å². The van der Waals surface area contributed by atoms with E-state index >= 15 is 0 Å². The van der Waals surface area contributed by atoms with Crippen molar-refractivity contribution in [1.29, 1.82) is 0 Å². The lowest BCUT2D eigenvalue weighted by atomic mass is 10.2. The van der Waals surface area contributed by atoms with Crippen LogP contribution in [0.1, 0.15) is 6.42 Å². The molecule has 0 aliphatic carbocycles. The molecule has 0 radical (unpaired) electrons. The van der Waals surface area contributed by atoms with Crippen LogP contribution >= 0.6 is 11.8 Å². The van der Waals surface area contributed by atoms with Gasteiger partial charge in [0.15, 0.2) is 11.6 Å². The van der Waals surface area contributed by atoms with E-state index in [1.165, 1.54) is 6.07 Å². The zero-order valence-electron chi connectivity index (χ0n) is 10.9. The number of ether oxygens (including phenoxy) is 1. The first-order valence-corrected chi connectivity index (χ1v) is 7.44. The number of carbonyl (C=O) groups is 1. The minimum Gasteiger partial charge on any atom is -0.489 e. The van der Waals surface area contributed by atoms with Gasteiger partial charge in [0.1, 0.15) is 6.61 Å². The number of hydrogen-bond acceptors (Lipinski definition) is 4. The SMILES string of the molecule is CSCC[C@H](N)C(=O)NCCOc1ccccc1F. The summed E-state index contributed by atoms with van der Waals surface area (Å²) in [5.74, 6) is 0.417. The molecule has 1 aromatic carbocycles. The van der Waals surface area contributed by atoms with Crippen LogP contribution in [0.3, 0.4) is 0 Å². The lowest BCUT2D eigenvalue weighted by molar-refractivity contribution is -0.122. The molecule has 1 aromatic rings. The Morgan fingerprint density at radius 1 is 1.53 bits per heavy atom. The van der Waals surface area contributed by atoms with Crippen LogP contribution < -0.4 is 15.8 Å². The fraction of sp³-hybridized carbons (Fsp3) is 0.462. The van der Waals surface area contributed by atoms with Crippen molar-refractivity contribution in [2.45, 2.75) is 12.5 Å². The number of benzene rings is 1. The van der Waals surface area contributed by atoms with Crippen LogP contribution in [-0.4, -0.2) is 37.1 Å². The summed E-state index contributed by atoms with van der Waals surface area (Å²) in [5, 5.41) is 2.66. The monoisotopic (exact) mass is 286 g/mol. The molecule has 6 heteroatoms. The molecule has 0 spiro atoms. The smallest absolute Gasteiger partial charge is 0.237 e. The maximum absolute atomic E-state index is 13.2.